The third kappa shape index (κ3) is 5.96. The summed E-state index contributed by atoms with van der Waals surface area (Å²) in [6.45, 7) is 4.34. The largest absolute Gasteiger partial charge is 0.516 e. The van der Waals surface area contributed by atoms with Crippen LogP contribution in [0.4, 0.5) is 0 Å². The van der Waals surface area contributed by atoms with Crippen LogP contribution in [0.2, 0.25) is 0 Å². The second kappa shape index (κ2) is 7.64. The van der Waals surface area contributed by atoms with E-state index in [1.807, 2.05) is 0 Å². The van der Waals surface area contributed by atoms with Gasteiger partial charge in [0, 0.05) is 0 Å². The van der Waals surface area contributed by atoms with Crippen LogP contribution in [0.5, 0.6) is 0 Å². The van der Waals surface area contributed by atoms with Crippen LogP contribution in [0, 0.1) is 0 Å². The van der Waals surface area contributed by atoms with Gasteiger partial charge in [0.2, 0.25) is 0 Å². The molecule has 1 N–H and O–H groups in total. The zero-order valence-corrected chi connectivity index (χ0v) is 7.77. The summed E-state index contributed by atoms with van der Waals surface area (Å²) in [6, 6.07) is 0. The highest BCUT2D eigenvalue weighted by atomic mass is 16.2. The van der Waals surface area contributed by atoms with Crippen molar-refractivity contribution >= 4 is 0 Å². The first-order chi connectivity index (χ1) is 5.35. The Morgan fingerprint density at radius 2 is 1.82 bits per heavy atom. The quantitative estimate of drug-likeness (QED) is 0.458. The third-order valence-electron chi connectivity index (χ3n) is 1.86. The molecule has 1 nitrogen and oxygen atoms in total. The van der Waals surface area contributed by atoms with Crippen molar-refractivity contribution in [3.05, 3.63) is 11.8 Å². The Morgan fingerprint density at radius 1 is 1.09 bits per heavy atom. The van der Waals surface area contributed by atoms with Crippen LogP contribution in [-0.4, -0.2) is 5.11 Å². The number of allylic oxidation sites excluding steroid dienone is 1. The van der Waals surface area contributed by atoms with E-state index in [9.17, 15) is 0 Å². The minimum Gasteiger partial charge on any atom is -0.516 e. The molecule has 0 radical (unpaired) electrons. The summed E-state index contributed by atoms with van der Waals surface area (Å²) >= 11 is 0. The molecule has 0 aromatic rings. The van der Waals surface area contributed by atoms with Crippen molar-refractivity contribution in [3.63, 3.8) is 0 Å². The lowest BCUT2D eigenvalue weighted by Crippen LogP contribution is -1.84. The fraction of sp³-hybridized carbons (Fsp3) is 0.800. The zero-order chi connectivity index (χ0) is 8.53. The Bertz CT molecular complexity index is 105. The van der Waals surface area contributed by atoms with Gasteiger partial charge in [-0.2, -0.15) is 0 Å². The molecule has 0 aromatic carbocycles. The summed E-state index contributed by atoms with van der Waals surface area (Å²) in [6.07, 6.45) is 8.32. The molecule has 0 saturated carbocycles. The summed E-state index contributed by atoms with van der Waals surface area (Å²) in [4.78, 5) is 0. The lowest BCUT2D eigenvalue weighted by Gasteiger charge is -2.02. The molecule has 0 aromatic heterocycles. The summed E-state index contributed by atoms with van der Waals surface area (Å²) in [7, 11) is 0. The van der Waals surface area contributed by atoms with Gasteiger partial charge < -0.3 is 5.11 Å². The summed E-state index contributed by atoms with van der Waals surface area (Å²) in [5.41, 5.74) is 1.21. The molecule has 0 amide bonds. The summed E-state index contributed by atoms with van der Waals surface area (Å²) in [5, 5.41) is 8.79. The predicted octanol–water partition coefficient (Wildman–Crippen LogP) is 3.81. The van der Waals surface area contributed by atoms with Gasteiger partial charge in [-0.1, -0.05) is 33.1 Å². The smallest absolute Gasteiger partial charge is 0.0783 e. The molecule has 0 atom stereocenters. The van der Waals surface area contributed by atoms with Gasteiger partial charge >= 0.3 is 0 Å². The van der Waals surface area contributed by atoms with E-state index in [0.29, 0.717) is 0 Å². The highest BCUT2D eigenvalue weighted by molar-refractivity contribution is 4.96. The zero-order valence-electron chi connectivity index (χ0n) is 7.77. The van der Waals surface area contributed by atoms with E-state index in [1.165, 1.54) is 31.1 Å². The monoisotopic (exact) mass is 156 g/mol. The van der Waals surface area contributed by atoms with Gasteiger partial charge in [-0.05, 0) is 24.8 Å². The Labute approximate surface area is 70.1 Å². The molecule has 0 fully saturated rings. The van der Waals surface area contributed by atoms with Crippen LogP contribution in [0.1, 0.15) is 52.4 Å². The fourth-order valence-electron chi connectivity index (χ4n) is 1.18. The maximum atomic E-state index is 8.79. The van der Waals surface area contributed by atoms with E-state index in [1.54, 1.807) is 0 Å². The molecule has 0 heterocycles. The number of aliphatic hydroxyl groups is 1. The van der Waals surface area contributed by atoms with Gasteiger partial charge in [0.05, 0.1) is 6.26 Å². The molecule has 66 valence electrons. The van der Waals surface area contributed by atoms with Gasteiger partial charge in [0.1, 0.15) is 0 Å². The van der Waals surface area contributed by atoms with Gasteiger partial charge in [0.25, 0.3) is 0 Å². The van der Waals surface area contributed by atoms with E-state index in [0.717, 1.165) is 19.3 Å². The molecule has 0 aliphatic heterocycles. The summed E-state index contributed by atoms with van der Waals surface area (Å²) in [5.74, 6) is 0. The van der Waals surface area contributed by atoms with Crippen LogP contribution in [0.15, 0.2) is 11.8 Å². The molecule has 11 heavy (non-hydrogen) atoms. The van der Waals surface area contributed by atoms with Crippen molar-refractivity contribution in [2.75, 3.05) is 0 Å². The number of aliphatic hydroxyl groups excluding tert-OH is 1. The van der Waals surface area contributed by atoms with Crippen LogP contribution in [0.25, 0.3) is 0 Å². The van der Waals surface area contributed by atoms with Gasteiger partial charge in [-0.3, -0.25) is 0 Å². The molecule has 0 spiro atoms. The van der Waals surface area contributed by atoms with E-state index in [4.69, 9.17) is 5.11 Å². The van der Waals surface area contributed by atoms with Crippen molar-refractivity contribution < 1.29 is 5.11 Å². The van der Waals surface area contributed by atoms with Crippen molar-refractivity contribution in [1.82, 2.24) is 0 Å². The molecule has 0 unspecified atom stereocenters. The average molecular weight is 156 g/mol. The molecule has 0 aliphatic carbocycles. The second-order valence-electron chi connectivity index (χ2n) is 2.99. The van der Waals surface area contributed by atoms with Crippen LogP contribution in [-0.2, 0) is 0 Å². The second-order valence-corrected chi connectivity index (χ2v) is 2.99. The van der Waals surface area contributed by atoms with Crippen LogP contribution in [0.3, 0.4) is 0 Å². The topological polar surface area (TPSA) is 20.2 Å². The molecule has 0 aliphatic rings. The van der Waals surface area contributed by atoms with Crippen molar-refractivity contribution in [1.29, 1.82) is 0 Å². The lowest BCUT2D eigenvalue weighted by atomic mass is 10.0. The highest BCUT2D eigenvalue weighted by Gasteiger charge is 1.95. The summed E-state index contributed by atoms with van der Waals surface area (Å²) < 4.78 is 0. The molecule has 0 saturated heterocycles. The Morgan fingerprint density at radius 3 is 2.27 bits per heavy atom. The van der Waals surface area contributed by atoms with Crippen LogP contribution < -0.4 is 0 Å². The SMILES string of the molecule is CCCCCC(=CO)CCC. The Hall–Kier alpha value is -0.460. The van der Waals surface area contributed by atoms with E-state index in [-0.39, 0.29) is 0 Å². The van der Waals surface area contributed by atoms with E-state index in [2.05, 4.69) is 13.8 Å². The minimum atomic E-state index is 1.06. The number of hydrogen-bond donors (Lipinski definition) is 1. The first-order valence-electron chi connectivity index (χ1n) is 4.67. The van der Waals surface area contributed by atoms with E-state index >= 15 is 0 Å². The standard InChI is InChI=1S/C10H20O/c1-3-5-6-8-10(9-11)7-4-2/h9,11H,3-8H2,1-2H3. The molecular formula is C10H20O. The number of hydrogen-bond acceptors (Lipinski definition) is 1. The predicted molar refractivity (Wildman–Crippen MR) is 49.8 cm³/mol. The molecular weight excluding hydrogens is 136 g/mol. The van der Waals surface area contributed by atoms with Gasteiger partial charge in [-0.15, -0.1) is 0 Å². The van der Waals surface area contributed by atoms with E-state index < -0.39 is 0 Å². The molecule has 0 bridgehead atoms. The first-order valence-corrected chi connectivity index (χ1v) is 4.67. The normalized spacial score (nSPS) is 12.0. The fourth-order valence-corrected chi connectivity index (χ4v) is 1.18. The first kappa shape index (κ1) is 10.5. The molecule has 1 heteroatoms. The van der Waals surface area contributed by atoms with Crippen LogP contribution >= 0.6 is 0 Å². The molecule has 0 rings (SSSR count). The maximum absolute atomic E-state index is 8.79. The van der Waals surface area contributed by atoms with Crippen molar-refractivity contribution in [2.24, 2.45) is 0 Å². The Balaban J connectivity index is 3.37. The number of unbranched alkanes of at least 4 members (excludes halogenated alkanes) is 2. The van der Waals surface area contributed by atoms with Gasteiger partial charge in [0.15, 0.2) is 0 Å². The lowest BCUT2D eigenvalue weighted by molar-refractivity contribution is 0.458. The number of rotatable bonds is 6. The van der Waals surface area contributed by atoms with Crippen molar-refractivity contribution in [2.45, 2.75) is 52.4 Å². The maximum Gasteiger partial charge on any atom is 0.0783 e. The Kier molecular flexibility index (Phi) is 7.33. The average Bonchev–Trinajstić information content (AvgIpc) is 2.03. The van der Waals surface area contributed by atoms with Gasteiger partial charge in [-0.25, -0.2) is 0 Å². The van der Waals surface area contributed by atoms with Crippen molar-refractivity contribution in [3.8, 4) is 0 Å². The minimum absolute atomic E-state index is 1.06. The highest BCUT2D eigenvalue weighted by Crippen LogP contribution is 2.13. The third-order valence-corrected chi connectivity index (χ3v) is 1.86.